The second-order valence-electron chi connectivity index (χ2n) is 5.41. The topological polar surface area (TPSA) is 35.5 Å². The Morgan fingerprint density at radius 2 is 1.87 bits per heavy atom. The number of esters is 1. The molecule has 0 aromatic rings. The minimum atomic E-state index is -0.217. The summed E-state index contributed by atoms with van der Waals surface area (Å²) in [6.07, 6.45) is 2.97. The summed E-state index contributed by atoms with van der Waals surface area (Å²) in [6.45, 7) is 5.91. The first-order chi connectivity index (χ1) is 7.04. The third kappa shape index (κ3) is 1.48. The van der Waals surface area contributed by atoms with Gasteiger partial charge in [0.05, 0.1) is 12.5 Å². The van der Waals surface area contributed by atoms with Crippen LogP contribution < -0.4 is 0 Å². The van der Waals surface area contributed by atoms with Crippen molar-refractivity contribution in [2.75, 3.05) is 20.3 Å². The first-order valence-corrected chi connectivity index (χ1v) is 5.71. The number of methoxy groups -OCH3 is 1. The Morgan fingerprint density at radius 1 is 1.33 bits per heavy atom. The van der Waals surface area contributed by atoms with Crippen LogP contribution in [0.25, 0.3) is 0 Å². The largest absolute Gasteiger partial charge is 0.469 e. The number of ether oxygens (including phenoxy) is 2. The molecule has 1 unspecified atom stereocenters. The van der Waals surface area contributed by atoms with Gasteiger partial charge in [-0.05, 0) is 30.6 Å². The van der Waals surface area contributed by atoms with Crippen molar-refractivity contribution in [1.29, 1.82) is 0 Å². The Bertz CT molecular complexity index is 266. The molecular formula is C12H20O3. The van der Waals surface area contributed by atoms with Crippen molar-refractivity contribution in [3.63, 3.8) is 0 Å². The molecule has 1 aliphatic heterocycles. The molecule has 2 aliphatic rings. The lowest BCUT2D eigenvalue weighted by Gasteiger charge is -2.31. The molecule has 86 valence electrons. The molecule has 2 fully saturated rings. The van der Waals surface area contributed by atoms with Crippen molar-refractivity contribution in [1.82, 2.24) is 0 Å². The maximum Gasteiger partial charge on any atom is 0.312 e. The maximum atomic E-state index is 11.9. The predicted molar refractivity (Wildman–Crippen MR) is 56.4 cm³/mol. The Kier molecular flexibility index (Phi) is 2.53. The van der Waals surface area contributed by atoms with Gasteiger partial charge in [-0.15, -0.1) is 0 Å². The third-order valence-electron chi connectivity index (χ3n) is 4.27. The van der Waals surface area contributed by atoms with Crippen LogP contribution in [0.5, 0.6) is 0 Å². The van der Waals surface area contributed by atoms with E-state index in [9.17, 15) is 4.79 Å². The smallest absolute Gasteiger partial charge is 0.312 e. The predicted octanol–water partition coefficient (Wildman–Crippen LogP) is 2.00. The van der Waals surface area contributed by atoms with Crippen molar-refractivity contribution >= 4 is 5.97 Å². The lowest BCUT2D eigenvalue weighted by atomic mass is 9.78. The van der Waals surface area contributed by atoms with E-state index in [1.807, 2.05) is 0 Å². The van der Waals surface area contributed by atoms with Gasteiger partial charge in [0, 0.05) is 13.2 Å². The van der Waals surface area contributed by atoms with Crippen LogP contribution in [0.4, 0.5) is 0 Å². The molecule has 0 spiro atoms. The van der Waals surface area contributed by atoms with Crippen molar-refractivity contribution in [3.05, 3.63) is 0 Å². The average Bonchev–Trinajstić information content (AvgIpc) is 2.83. The summed E-state index contributed by atoms with van der Waals surface area (Å²) in [4.78, 5) is 11.9. The van der Waals surface area contributed by atoms with Gasteiger partial charge in [-0.1, -0.05) is 13.8 Å². The summed E-state index contributed by atoms with van der Waals surface area (Å²) in [5.41, 5.74) is -0.104. The standard InChI is InChI=1S/C12H20O3/c1-11(2)8-12(11,10(13)14-3)9-4-6-15-7-5-9/h9H,4-8H2,1-3H3. The fourth-order valence-electron chi connectivity index (χ4n) is 3.24. The van der Waals surface area contributed by atoms with Crippen LogP contribution in [0.2, 0.25) is 0 Å². The SMILES string of the molecule is COC(=O)C1(C2CCOCC2)CC1(C)C. The van der Waals surface area contributed by atoms with Crippen LogP contribution in [-0.4, -0.2) is 26.3 Å². The molecule has 0 radical (unpaired) electrons. The third-order valence-corrected chi connectivity index (χ3v) is 4.27. The molecule has 1 saturated heterocycles. The molecule has 1 saturated carbocycles. The summed E-state index contributed by atoms with van der Waals surface area (Å²) in [5.74, 6) is 0.438. The Morgan fingerprint density at radius 3 is 2.27 bits per heavy atom. The summed E-state index contributed by atoms with van der Waals surface area (Å²) in [5, 5.41) is 0. The van der Waals surface area contributed by atoms with E-state index in [1.165, 1.54) is 7.11 Å². The normalized spacial score (nSPS) is 34.9. The number of carbonyl (C=O) groups is 1. The number of hydrogen-bond acceptors (Lipinski definition) is 3. The van der Waals surface area contributed by atoms with Crippen LogP contribution in [0.3, 0.4) is 0 Å². The molecule has 1 atom stereocenters. The lowest BCUT2D eigenvalue weighted by molar-refractivity contribution is -0.153. The summed E-state index contributed by atoms with van der Waals surface area (Å²) >= 11 is 0. The minimum Gasteiger partial charge on any atom is -0.469 e. The molecule has 15 heavy (non-hydrogen) atoms. The highest BCUT2D eigenvalue weighted by atomic mass is 16.5. The first kappa shape index (κ1) is 10.9. The zero-order chi connectivity index (χ0) is 11.1. The Labute approximate surface area is 91.1 Å². The molecule has 0 N–H and O–H groups in total. The highest BCUT2D eigenvalue weighted by Gasteiger charge is 2.70. The van der Waals surface area contributed by atoms with Crippen molar-refractivity contribution in [2.24, 2.45) is 16.7 Å². The fourth-order valence-corrected chi connectivity index (χ4v) is 3.24. The Hall–Kier alpha value is -0.570. The summed E-state index contributed by atoms with van der Waals surface area (Å²) < 4.78 is 10.3. The minimum absolute atomic E-state index is 0.0144. The van der Waals surface area contributed by atoms with E-state index in [0.717, 1.165) is 32.5 Å². The molecule has 0 aromatic heterocycles. The van der Waals surface area contributed by atoms with E-state index in [2.05, 4.69) is 13.8 Å². The highest BCUT2D eigenvalue weighted by Crippen LogP contribution is 2.69. The van der Waals surface area contributed by atoms with Crippen LogP contribution in [0, 0.1) is 16.7 Å². The van der Waals surface area contributed by atoms with Gasteiger partial charge in [-0.25, -0.2) is 0 Å². The number of carbonyl (C=O) groups excluding carboxylic acids is 1. The molecule has 3 nitrogen and oxygen atoms in total. The molecule has 0 bridgehead atoms. The van der Waals surface area contributed by atoms with E-state index in [1.54, 1.807) is 0 Å². The molecule has 1 aliphatic carbocycles. The second-order valence-corrected chi connectivity index (χ2v) is 5.41. The van der Waals surface area contributed by atoms with E-state index in [4.69, 9.17) is 9.47 Å². The number of rotatable bonds is 2. The molecule has 0 amide bonds. The van der Waals surface area contributed by atoms with Gasteiger partial charge < -0.3 is 9.47 Å². The highest BCUT2D eigenvalue weighted by molar-refractivity contribution is 5.82. The number of hydrogen-bond donors (Lipinski definition) is 0. The van der Waals surface area contributed by atoms with Crippen LogP contribution >= 0.6 is 0 Å². The summed E-state index contributed by atoms with van der Waals surface area (Å²) in [6, 6.07) is 0. The monoisotopic (exact) mass is 212 g/mol. The second kappa shape index (κ2) is 3.48. The average molecular weight is 212 g/mol. The molecule has 1 heterocycles. The van der Waals surface area contributed by atoms with Crippen LogP contribution in [0.15, 0.2) is 0 Å². The molecule has 3 heteroatoms. The fraction of sp³-hybridized carbons (Fsp3) is 0.917. The molecular weight excluding hydrogens is 192 g/mol. The maximum absolute atomic E-state index is 11.9. The van der Waals surface area contributed by atoms with E-state index in [-0.39, 0.29) is 16.8 Å². The zero-order valence-electron chi connectivity index (χ0n) is 9.84. The van der Waals surface area contributed by atoms with Crippen LogP contribution in [0.1, 0.15) is 33.1 Å². The Balaban J connectivity index is 2.17. The van der Waals surface area contributed by atoms with Crippen molar-refractivity contribution < 1.29 is 14.3 Å². The zero-order valence-corrected chi connectivity index (χ0v) is 9.84. The van der Waals surface area contributed by atoms with Gasteiger partial charge in [0.25, 0.3) is 0 Å². The van der Waals surface area contributed by atoms with Gasteiger partial charge in [0.2, 0.25) is 0 Å². The van der Waals surface area contributed by atoms with E-state index >= 15 is 0 Å². The summed E-state index contributed by atoms with van der Waals surface area (Å²) in [7, 11) is 1.50. The first-order valence-electron chi connectivity index (χ1n) is 5.71. The quantitative estimate of drug-likeness (QED) is 0.657. The van der Waals surface area contributed by atoms with Gasteiger partial charge in [-0.2, -0.15) is 0 Å². The van der Waals surface area contributed by atoms with Gasteiger partial charge >= 0.3 is 5.97 Å². The van der Waals surface area contributed by atoms with Crippen molar-refractivity contribution in [3.8, 4) is 0 Å². The van der Waals surface area contributed by atoms with Gasteiger partial charge in [-0.3, -0.25) is 4.79 Å². The lowest BCUT2D eigenvalue weighted by Crippen LogP contribution is -2.35. The van der Waals surface area contributed by atoms with E-state index < -0.39 is 0 Å². The van der Waals surface area contributed by atoms with Gasteiger partial charge in [0.1, 0.15) is 0 Å². The van der Waals surface area contributed by atoms with Crippen molar-refractivity contribution in [2.45, 2.75) is 33.1 Å². The molecule has 2 rings (SSSR count). The molecule has 0 aromatic carbocycles. The van der Waals surface area contributed by atoms with Crippen LogP contribution in [-0.2, 0) is 14.3 Å². The van der Waals surface area contributed by atoms with Gasteiger partial charge in [0.15, 0.2) is 0 Å². The van der Waals surface area contributed by atoms with E-state index in [0.29, 0.717) is 5.92 Å².